The fourth-order valence-electron chi connectivity index (χ4n) is 2.46. The van der Waals surface area contributed by atoms with Crippen molar-refractivity contribution in [3.63, 3.8) is 0 Å². The van der Waals surface area contributed by atoms with Crippen molar-refractivity contribution >= 4 is 15.9 Å². The van der Waals surface area contributed by atoms with Gasteiger partial charge in [-0.05, 0) is 62.4 Å². The molecule has 88 valence electrons. The topological polar surface area (TPSA) is 12.0 Å². The molecule has 1 aliphatic rings. The lowest BCUT2D eigenvalue weighted by Crippen LogP contribution is -2.35. The Hall–Kier alpha value is -0.340. The maximum absolute atomic E-state index is 3.64. The first-order valence-corrected chi connectivity index (χ1v) is 6.95. The number of halogens is 1. The molecule has 1 atom stereocenters. The minimum atomic E-state index is 0.682. The molecule has 1 heterocycles. The number of piperidine rings is 1. The van der Waals surface area contributed by atoms with E-state index in [-0.39, 0.29) is 0 Å². The number of nitrogens with one attached hydrogen (secondary N) is 1. The van der Waals surface area contributed by atoms with Crippen LogP contribution in [-0.2, 0) is 6.42 Å². The highest BCUT2D eigenvalue weighted by molar-refractivity contribution is 9.10. The summed E-state index contributed by atoms with van der Waals surface area (Å²) >= 11 is 3.64. The van der Waals surface area contributed by atoms with Crippen LogP contribution in [0.2, 0.25) is 0 Å². The Bertz CT molecular complexity index is 367. The van der Waals surface area contributed by atoms with Crippen LogP contribution in [0.3, 0.4) is 0 Å². The summed E-state index contributed by atoms with van der Waals surface area (Å²) in [7, 11) is 0. The fraction of sp³-hybridized carbons (Fsp3) is 0.571. The molecule has 0 amide bonds. The van der Waals surface area contributed by atoms with Crippen LogP contribution in [0.25, 0.3) is 0 Å². The van der Waals surface area contributed by atoms with Crippen LogP contribution in [0.1, 0.15) is 36.0 Å². The van der Waals surface area contributed by atoms with Gasteiger partial charge in [0.1, 0.15) is 0 Å². The molecule has 0 radical (unpaired) electrons. The highest BCUT2D eigenvalue weighted by Crippen LogP contribution is 2.24. The zero-order valence-corrected chi connectivity index (χ0v) is 11.7. The van der Waals surface area contributed by atoms with E-state index >= 15 is 0 Å². The number of hydrogen-bond donors (Lipinski definition) is 1. The van der Waals surface area contributed by atoms with Gasteiger partial charge in [-0.1, -0.05) is 28.4 Å². The van der Waals surface area contributed by atoms with E-state index in [0.717, 1.165) is 0 Å². The predicted octanol–water partition coefficient (Wildman–Crippen LogP) is 3.75. The average molecular weight is 282 g/mol. The van der Waals surface area contributed by atoms with Crippen molar-refractivity contribution in [3.8, 4) is 0 Å². The van der Waals surface area contributed by atoms with Gasteiger partial charge in [-0.25, -0.2) is 0 Å². The molecule has 0 aliphatic carbocycles. The summed E-state index contributed by atoms with van der Waals surface area (Å²) in [6.07, 6.45) is 5.22. The second-order valence-electron chi connectivity index (χ2n) is 4.88. The zero-order valence-electron chi connectivity index (χ0n) is 10.1. The number of hydrogen-bond acceptors (Lipinski definition) is 1. The lowest BCUT2D eigenvalue weighted by atomic mass is 9.94. The molecule has 0 bridgehead atoms. The van der Waals surface area contributed by atoms with E-state index in [1.54, 1.807) is 0 Å². The second-order valence-corrected chi connectivity index (χ2v) is 5.74. The molecular formula is C14H20BrN. The van der Waals surface area contributed by atoms with Gasteiger partial charge in [-0.3, -0.25) is 0 Å². The lowest BCUT2D eigenvalue weighted by molar-refractivity contribution is 0.399. The summed E-state index contributed by atoms with van der Waals surface area (Å²) in [4.78, 5) is 0. The molecule has 1 N–H and O–H groups in total. The molecule has 1 aliphatic heterocycles. The molecule has 1 unspecified atom stereocenters. The van der Waals surface area contributed by atoms with Crippen LogP contribution in [0, 0.1) is 13.8 Å². The average Bonchev–Trinajstić information content (AvgIpc) is 2.27. The first-order valence-electron chi connectivity index (χ1n) is 6.16. The van der Waals surface area contributed by atoms with Gasteiger partial charge in [0.25, 0.3) is 0 Å². The van der Waals surface area contributed by atoms with Gasteiger partial charge in [0, 0.05) is 10.5 Å². The Balaban J connectivity index is 2.13. The third-order valence-electron chi connectivity index (χ3n) is 3.47. The molecule has 0 saturated carbocycles. The minimum absolute atomic E-state index is 0.682. The number of aryl methyl sites for hydroxylation is 1. The van der Waals surface area contributed by atoms with Crippen LogP contribution < -0.4 is 5.32 Å². The normalized spacial score (nSPS) is 21.1. The number of rotatable bonds is 2. The van der Waals surface area contributed by atoms with Crippen LogP contribution in [-0.4, -0.2) is 12.6 Å². The largest absolute Gasteiger partial charge is 0.314 e. The van der Waals surface area contributed by atoms with Crippen molar-refractivity contribution in [2.24, 2.45) is 0 Å². The van der Waals surface area contributed by atoms with E-state index in [2.05, 4.69) is 47.2 Å². The minimum Gasteiger partial charge on any atom is -0.314 e. The van der Waals surface area contributed by atoms with Crippen LogP contribution in [0.15, 0.2) is 16.6 Å². The molecule has 0 spiro atoms. The SMILES string of the molecule is Cc1cc(Br)c(C)c(CC2CCCCN2)c1. The quantitative estimate of drug-likeness (QED) is 0.871. The van der Waals surface area contributed by atoms with Crippen molar-refractivity contribution in [1.29, 1.82) is 0 Å². The van der Waals surface area contributed by atoms with Crippen LogP contribution >= 0.6 is 15.9 Å². The molecule has 2 rings (SSSR count). The molecule has 1 aromatic carbocycles. The first-order chi connectivity index (χ1) is 7.66. The molecule has 16 heavy (non-hydrogen) atoms. The Morgan fingerprint density at radius 3 is 2.81 bits per heavy atom. The van der Waals surface area contributed by atoms with Crippen molar-refractivity contribution in [3.05, 3.63) is 33.3 Å². The third kappa shape index (κ3) is 2.86. The Morgan fingerprint density at radius 2 is 2.12 bits per heavy atom. The molecule has 0 aromatic heterocycles. The Morgan fingerprint density at radius 1 is 1.31 bits per heavy atom. The smallest absolute Gasteiger partial charge is 0.0209 e. The van der Waals surface area contributed by atoms with E-state index in [1.165, 1.54) is 53.4 Å². The van der Waals surface area contributed by atoms with E-state index < -0.39 is 0 Å². The maximum atomic E-state index is 3.64. The highest BCUT2D eigenvalue weighted by Gasteiger charge is 2.14. The summed E-state index contributed by atoms with van der Waals surface area (Å²) in [6, 6.07) is 5.21. The van der Waals surface area contributed by atoms with Crippen molar-refractivity contribution in [2.75, 3.05) is 6.54 Å². The molecule has 1 aromatic rings. The maximum Gasteiger partial charge on any atom is 0.0209 e. The summed E-state index contributed by atoms with van der Waals surface area (Å²) in [5.41, 5.74) is 4.24. The van der Waals surface area contributed by atoms with Gasteiger partial charge < -0.3 is 5.32 Å². The Labute approximate surface area is 107 Å². The predicted molar refractivity (Wildman–Crippen MR) is 73.0 cm³/mol. The fourth-order valence-corrected chi connectivity index (χ4v) is 3.08. The summed E-state index contributed by atoms with van der Waals surface area (Å²) < 4.78 is 1.25. The van der Waals surface area contributed by atoms with Crippen LogP contribution in [0.4, 0.5) is 0 Å². The van der Waals surface area contributed by atoms with Crippen molar-refractivity contribution in [1.82, 2.24) is 5.32 Å². The second kappa shape index (κ2) is 5.33. The van der Waals surface area contributed by atoms with Gasteiger partial charge in [-0.2, -0.15) is 0 Å². The van der Waals surface area contributed by atoms with Gasteiger partial charge >= 0.3 is 0 Å². The molecule has 1 fully saturated rings. The third-order valence-corrected chi connectivity index (χ3v) is 4.30. The van der Waals surface area contributed by atoms with Gasteiger partial charge in [0.15, 0.2) is 0 Å². The van der Waals surface area contributed by atoms with Gasteiger partial charge in [0.05, 0.1) is 0 Å². The van der Waals surface area contributed by atoms with Crippen molar-refractivity contribution < 1.29 is 0 Å². The lowest BCUT2D eigenvalue weighted by Gasteiger charge is -2.24. The van der Waals surface area contributed by atoms with E-state index in [9.17, 15) is 0 Å². The summed E-state index contributed by atoms with van der Waals surface area (Å²) in [6.45, 7) is 5.57. The monoisotopic (exact) mass is 281 g/mol. The summed E-state index contributed by atoms with van der Waals surface area (Å²) in [5, 5.41) is 3.62. The molecular weight excluding hydrogens is 262 g/mol. The van der Waals surface area contributed by atoms with Crippen molar-refractivity contribution in [2.45, 2.75) is 45.6 Å². The van der Waals surface area contributed by atoms with E-state index in [4.69, 9.17) is 0 Å². The first kappa shape index (κ1) is 12.1. The van der Waals surface area contributed by atoms with Gasteiger partial charge in [-0.15, -0.1) is 0 Å². The zero-order chi connectivity index (χ0) is 11.5. The highest BCUT2D eigenvalue weighted by atomic mass is 79.9. The Kier molecular flexibility index (Phi) is 4.04. The standard InChI is InChI=1S/C14H20BrN/c1-10-7-12(11(2)14(15)8-10)9-13-5-3-4-6-16-13/h7-8,13,16H,3-6,9H2,1-2H3. The van der Waals surface area contributed by atoms with Gasteiger partial charge in [0.2, 0.25) is 0 Å². The van der Waals surface area contributed by atoms with Crippen LogP contribution in [0.5, 0.6) is 0 Å². The molecule has 1 nitrogen and oxygen atoms in total. The van der Waals surface area contributed by atoms with E-state index in [0.29, 0.717) is 6.04 Å². The molecule has 2 heteroatoms. The number of benzene rings is 1. The summed E-state index contributed by atoms with van der Waals surface area (Å²) in [5.74, 6) is 0. The molecule has 1 saturated heterocycles. The van der Waals surface area contributed by atoms with E-state index in [1.807, 2.05) is 0 Å².